The summed E-state index contributed by atoms with van der Waals surface area (Å²) in [6.07, 6.45) is 3.13. The lowest BCUT2D eigenvalue weighted by Gasteiger charge is -2.32. The van der Waals surface area contributed by atoms with E-state index in [9.17, 15) is 17.6 Å². The summed E-state index contributed by atoms with van der Waals surface area (Å²) in [5.41, 5.74) is 0.333. The van der Waals surface area contributed by atoms with Gasteiger partial charge in [-0.25, -0.2) is 22.5 Å². The largest absolute Gasteiger partial charge is 0.441 e. The number of hydrogen-bond donors (Lipinski definition) is 1. The number of thiophene rings is 1. The lowest BCUT2D eigenvalue weighted by Crippen LogP contribution is -2.46. The van der Waals surface area contributed by atoms with E-state index >= 15 is 0 Å². The number of likely N-dealkylation sites (tertiary alicyclic amines) is 1. The van der Waals surface area contributed by atoms with Gasteiger partial charge in [-0.1, -0.05) is 18.2 Å². The second-order valence-corrected chi connectivity index (χ2v) is 10.2. The van der Waals surface area contributed by atoms with E-state index in [-0.39, 0.29) is 24.2 Å². The van der Waals surface area contributed by atoms with Crippen LogP contribution in [0.5, 0.6) is 0 Å². The van der Waals surface area contributed by atoms with Crippen LogP contribution in [0.4, 0.5) is 4.39 Å². The zero-order valence-electron chi connectivity index (χ0n) is 16.7. The first-order valence-electron chi connectivity index (χ1n) is 9.95. The van der Waals surface area contributed by atoms with Gasteiger partial charge in [-0.05, 0) is 36.4 Å². The van der Waals surface area contributed by atoms with Gasteiger partial charge in [-0.15, -0.1) is 11.3 Å². The Bertz CT molecular complexity index is 1140. The number of nitrogens with zero attached hydrogens (tertiary/aromatic N) is 2. The number of aromatic nitrogens is 1. The lowest BCUT2D eigenvalue weighted by molar-refractivity contribution is -0.132. The summed E-state index contributed by atoms with van der Waals surface area (Å²) in [6, 6.07) is 9.37. The van der Waals surface area contributed by atoms with Crippen molar-refractivity contribution in [1.82, 2.24) is 14.6 Å². The molecule has 0 unspecified atom stereocenters. The van der Waals surface area contributed by atoms with Crippen molar-refractivity contribution in [3.8, 4) is 11.3 Å². The highest BCUT2D eigenvalue weighted by molar-refractivity contribution is 7.91. The zero-order valence-corrected chi connectivity index (χ0v) is 18.3. The van der Waals surface area contributed by atoms with Gasteiger partial charge in [-0.3, -0.25) is 4.79 Å². The predicted molar refractivity (Wildman–Crippen MR) is 114 cm³/mol. The smallest absolute Gasteiger partial charge is 0.250 e. The molecule has 1 saturated heterocycles. The average molecular weight is 464 g/mol. The first-order chi connectivity index (χ1) is 14.9. The third kappa shape index (κ3) is 5.20. The number of benzene rings is 1. The van der Waals surface area contributed by atoms with Crippen LogP contribution in [-0.4, -0.2) is 43.3 Å². The van der Waals surface area contributed by atoms with Gasteiger partial charge in [0, 0.05) is 32.0 Å². The number of carbonyl (C=O) groups excluding carboxylic acids is 1. The van der Waals surface area contributed by atoms with Crippen LogP contribution in [0.3, 0.4) is 0 Å². The first kappa shape index (κ1) is 21.7. The Morgan fingerprint density at radius 1 is 1.23 bits per heavy atom. The molecule has 1 amide bonds. The number of nitrogens with one attached hydrogen (secondary N) is 1. The second-order valence-electron chi connectivity index (χ2n) is 7.31. The van der Waals surface area contributed by atoms with E-state index in [4.69, 9.17) is 4.42 Å². The summed E-state index contributed by atoms with van der Waals surface area (Å²) < 4.78 is 47.2. The topological polar surface area (TPSA) is 92.5 Å². The summed E-state index contributed by atoms with van der Waals surface area (Å²) in [4.78, 5) is 18.4. The fraction of sp³-hybridized carbons (Fsp3) is 0.333. The van der Waals surface area contributed by atoms with Gasteiger partial charge in [0.1, 0.15) is 10.0 Å². The molecule has 1 fully saturated rings. The molecule has 0 aliphatic carbocycles. The fourth-order valence-corrected chi connectivity index (χ4v) is 5.84. The second kappa shape index (κ2) is 9.29. The first-order valence-corrected chi connectivity index (χ1v) is 12.3. The lowest BCUT2D eigenvalue weighted by atomic mass is 10.1. The Morgan fingerprint density at radius 3 is 2.71 bits per heavy atom. The monoisotopic (exact) mass is 463 g/mol. The Hall–Kier alpha value is -2.56. The fourth-order valence-electron chi connectivity index (χ4n) is 3.52. The van der Waals surface area contributed by atoms with Gasteiger partial charge in [0.15, 0.2) is 11.7 Å². The minimum absolute atomic E-state index is 0.0368. The van der Waals surface area contributed by atoms with Crippen LogP contribution in [0.2, 0.25) is 0 Å². The number of oxazole rings is 1. The van der Waals surface area contributed by atoms with Gasteiger partial charge in [-0.2, -0.15) is 0 Å². The molecule has 1 N–H and O–H groups in total. The molecule has 1 aromatic carbocycles. The number of amides is 1. The average Bonchev–Trinajstić information content (AvgIpc) is 3.45. The van der Waals surface area contributed by atoms with Crippen molar-refractivity contribution in [3.05, 3.63) is 59.7 Å². The maximum absolute atomic E-state index is 13.9. The number of halogens is 1. The Balaban J connectivity index is 1.26. The van der Waals surface area contributed by atoms with Crippen molar-refractivity contribution in [3.63, 3.8) is 0 Å². The van der Waals surface area contributed by atoms with Crippen LogP contribution in [0.1, 0.15) is 25.2 Å². The van der Waals surface area contributed by atoms with E-state index in [1.54, 1.807) is 40.6 Å². The predicted octanol–water partition coefficient (Wildman–Crippen LogP) is 3.44. The molecule has 0 saturated carbocycles. The van der Waals surface area contributed by atoms with Gasteiger partial charge in [0.25, 0.3) is 0 Å². The van der Waals surface area contributed by atoms with E-state index < -0.39 is 10.0 Å². The highest BCUT2D eigenvalue weighted by Gasteiger charge is 2.27. The summed E-state index contributed by atoms with van der Waals surface area (Å²) >= 11 is 1.18. The van der Waals surface area contributed by atoms with Gasteiger partial charge >= 0.3 is 0 Å². The molecule has 0 atom stereocenters. The Labute approximate surface area is 184 Å². The van der Waals surface area contributed by atoms with E-state index in [1.165, 1.54) is 23.6 Å². The van der Waals surface area contributed by atoms with E-state index in [0.29, 0.717) is 53.8 Å². The highest BCUT2D eigenvalue weighted by Crippen LogP contribution is 2.24. The summed E-state index contributed by atoms with van der Waals surface area (Å²) in [7, 11) is -3.51. The van der Waals surface area contributed by atoms with Crippen LogP contribution in [0.25, 0.3) is 11.3 Å². The highest BCUT2D eigenvalue weighted by atomic mass is 32.2. The number of aryl methyl sites for hydroxylation is 1. The standard InChI is InChI=1S/C21H22FN3O4S2/c22-17-5-2-1-4-16(17)18-14-23-19(29-18)7-8-20(26)25-11-9-15(10-12-25)24-31(27,28)21-6-3-13-30-21/h1-6,13-15,24H,7-12H2. The van der Waals surface area contributed by atoms with Crippen LogP contribution < -0.4 is 4.72 Å². The minimum atomic E-state index is -3.51. The number of piperidine rings is 1. The molecule has 2 aromatic heterocycles. The number of sulfonamides is 1. The molecular weight excluding hydrogens is 441 g/mol. The molecule has 0 bridgehead atoms. The SMILES string of the molecule is O=C(CCc1ncc(-c2ccccc2F)o1)N1CCC(NS(=O)(=O)c2cccs2)CC1. The van der Waals surface area contributed by atoms with Crippen molar-refractivity contribution < 1.29 is 22.0 Å². The Morgan fingerprint density at radius 2 is 2.00 bits per heavy atom. The normalized spacial score (nSPS) is 15.3. The van der Waals surface area contributed by atoms with Crippen molar-refractivity contribution in [2.45, 2.75) is 35.9 Å². The van der Waals surface area contributed by atoms with Crippen molar-refractivity contribution in [1.29, 1.82) is 0 Å². The van der Waals surface area contributed by atoms with Gasteiger partial charge < -0.3 is 9.32 Å². The number of rotatable bonds is 7. The van der Waals surface area contributed by atoms with Gasteiger partial charge in [0.05, 0.1) is 11.8 Å². The van der Waals surface area contributed by atoms with Gasteiger partial charge in [0.2, 0.25) is 15.9 Å². The molecule has 164 valence electrons. The maximum Gasteiger partial charge on any atom is 0.250 e. The molecule has 3 heterocycles. The molecule has 3 aromatic rings. The van der Waals surface area contributed by atoms with Crippen LogP contribution in [0, 0.1) is 5.82 Å². The molecule has 7 nitrogen and oxygen atoms in total. The van der Waals surface area contributed by atoms with Crippen molar-refractivity contribution in [2.24, 2.45) is 0 Å². The molecular formula is C21H22FN3O4S2. The molecule has 4 rings (SSSR count). The molecule has 0 radical (unpaired) electrons. The van der Waals surface area contributed by atoms with Crippen LogP contribution >= 0.6 is 11.3 Å². The number of hydrogen-bond acceptors (Lipinski definition) is 6. The molecule has 31 heavy (non-hydrogen) atoms. The van der Waals surface area contributed by atoms with Crippen LogP contribution in [0.15, 0.2) is 56.6 Å². The number of carbonyl (C=O) groups is 1. The maximum atomic E-state index is 13.9. The molecule has 1 aliphatic heterocycles. The third-order valence-electron chi connectivity index (χ3n) is 5.18. The quantitative estimate of drug-likeness (QED) is 0.579. The summed E-state index contributed by atoms with van der Waals surface area (Å²) in [5.74, 6) is 0.286. The summed E-state index contributed by atoms with van der Waals surface area (Å²) in [6.45, 7) is 0.977. The van der Waals surface area contributed by atoms with Crippen LogP contribution in [-0.2, 0) is 21.2 Å². The molecule has 10 heteroatoms. The van der Waals surface area contributed by atoms with E-state index in [1.807, 2.05) is 0 Å². The van der Waals surface area contributed by atoms with Crippen molar-refractivity contribution in [2.75, 3.05) is 13.1 Å². The zero-order chi connectivity index (χ0) is 21.8. The third-order valence-corrected chi connectivity index (χ3v) is 8.09. The van der Waals surface area contributed by atoms with E-state index in [0.717, 1.165) is 0 Å². The van der Waals surface area contributed by atoms with E-state index in [2.05, 4.69) is 9.71 Å². The summed E-state index contributed by atoms with van der Waals surface area (Å²) in [5, 5.41) is 1.73. The molecule has 1 aliphatic rings. The Kier molecular flexibility index (Phi) is 6.49. The molecule has 0 spiro atoms. The minimum Gasteiger partial charge on any atom is -0.441 e. The van der Waals surface area contributed by atoms with Crippen molar-refractivity contribution >= 4 is 27.3 Å².